The lowest BCUT2D eigenvalue weighted by Gasteiger charge is -2.03. The normalized spacial score (nSPS) is 10.8. The number of nitrogens with two attached hydrogens (primary N) is 1. The second kappa shape index (κ2) is 4.45. The fourth-order valence-electron chi connectivity index (χ4n) is 1.45. The number of hydrogen-bond donors (Lipinski definition) is 1. The van der Waals surface area contributed by atoms with Gasteiger partial charge in [0.05, 0.1) is 7.11 Å². The maximum Gasteiger partial charge on any atom is 0.247 e. The Morgan fingerprint density at radius 1 is 1.24 bits per heavy atom. The zero-order valence-corrected chi connectivity index (χ0v) is 10.1. The molecule has 2 aromatic rings. The van der Waals surface area contributed by atoms with Crippen molar-refractivity contribution in [1.82, 2.24) is 10.2 Å². The highest BCUT2D eigenvalue weighted by atomic mass is 16.5. The highest BCUT2D eigenvalue weighted by molar-refractivity contribution is 5.63. The molecule has 0 fully saturated rings. The molecule has 5 heteroatoms. The van der Waals surface area contributed by atoms with Crippen molar-refractivity contribution in [2.75, 3.05) is 12.8 Å². The van der Waals surface area contributed by atoms with E-state index in [2.05, 4.69) is 10.2 Å². The summed E-state index contributed by atoms with van der Waals surface area (Å²) in [5.74, 6) is 1.95. The summed E-state index contributed by atoms with van der Waals surface area (Å²) in [6.45, 7) is 3.99. The lowest BCUT2D eigenvalue weighted by molar-refractivity contribution is 0.415. The second-order valence-electron chi connectivity index (χ2n) is 4.10. The van der Waals surface area contributed by atoms with Gasteiger partial charge >= 0.3 is 0 Å². The van der Waals surface area contributed by atoms with Crippen molar-refractivity contribution in [2.45, 2.75) is 19.8 Å². The van der Waals surface area contributed by atoms with Gasteiger partial charge in [-0.2, -0.15) is 0 Å². The molecule has 90 valence electrons. The summed E-state index contributed by atoms with van der Waals surface area (Å²) >= 11 is 0. The molecular weight excluding hydrogens is 218 g/mol. The van der Waals surface area contributed by atoms with Crippen LogP contribution in [0.15, 0.2) is 22.6 Å². The van der Waals surface area contributed by atoms with Crippen molar-refractivity contribution < 1.29 is 9.15 Å². The average Bonchev–Trinajstić information content (AvgIpc) is 2.77. The van der Waals surface area contributed by atoms with E-state index in [4.69, 9.17) is 14.9 Å². The molecule has 0 amide bonds. The summed E-state index contributed by atoms with van der Waals surface area (Å²) in [4.78, 5) is 0. The Kier molecular flexibility index (Phi) is 2.99. The van der Waals surface area contributed by atoms with Crippen molar-refractivity contribution in [3.05, 3.63) is 24.1 Å². The molecule has 0 unspecified atom stereocenters. The van der Waals surface area contributed by atoms with E-state index >= 15 is 0 Å². The Bertz CT molecular complexity index is 520. The molecule has 2 N–H and O–H groups in total. The Labute approximate surface area is 99.6 Å². The fraction of sp³-hybridized carbons (Fsp3) is 0.333. The van der Waals surface area contributed by atoms with E-state index in [-0.39, 0.29) is 5.92 Å². The van der Waals surface area contributed by atoms with Crippen LogP contribution in [0.5, 0.6) is 5.75 Å². The summed E-state index contributed by atoms with van der Waals surface area (Å²) in [7, 11) is 1.59. The molecule has 1 aromatic carbocycles. The summed E-state index contributed by atoms with van der Waals surface area (Å²) in [6.07, 6.45) is 0. The molecule has 5 nitrogen and oxygen atoms in total. The number of nitrogens with zero attached hydrogens (tertiary/aromatic N) is 2. The van der Waals surface area contributed by atoms with Crippen molar-refractivity contribution in [3.63, 3.8) is 0 Å². The summed E-state index contributed by atoms with van der Waals surface area (Å²) < 4.78 is 10.7. The van der Waals surface area contributed by atoms with Gasteiger partial charge in [0, 0.05) is 23.2 Å². The van der Waals surface area contributed by atoms with Gasteiger partial charge in [-0.1, -0.05) is 13.8 Å². The van der Waals surface area contributed by atoms with Crippen LogP contribution in [0.3, 0.4) is 0 Å². The molecule has 0 spiro atoms. The largest absolute Gasteiger partial charge is 0.497 e. The number of nitrogen functional groups attached to an aromatic ring is 1. The third kappa shape index (κ3) is 2.38. The molecule has 0 atom stereocenters. The van der Waals surface area contributed by atoms with Crippen LogP contribution in [0.1, 0.15) is 25.7 Å². The Morgan fingerprint density at radius 3 is 2.59 bits per heavy atom. The smallest absolute Gasteiger partial charge is 0.247 e. The van der Waals surface area contributed by atoms with E-state index in [1.54, 1.807) is 19.2 Å². The minimum absolute atomic E-state index is 0.208. The Morgan fingerprint density at radius 2 is 2.00 bits per heavy atom. The first-order chi connectivity index (χ1) is 8.10. The van der Waals surface area contributed by atoms with Crippen LogP contribution in [0.4, 0.5) is 5.69 Å². The Hall–Kier alpha value is -2.04. The van der Waals surface area contributed by atoms with E-state index in [1.807, 2.05) is 19.9 Å². The van der Waals surface area contributed by atoms with Gasteiger partial charge in [0.1, 0.15) is 5.75 Å². The predicted octanol–water partition coefficient (Wildman–Crippen LogP) is 2.45. The van der Waals surface area contributed by atoms with Crippen LogP contribution in [0.25, 0.3) is 11.5 Å². The van der Waals surface area contributed by atoms with Crippen molar-refractivity contribution in [1.29, 1.82) is 0 Å². The Balaban J connectivity index is 2.41. The molecular formula is C12H15N3O2. The number of hydrogen-bond acceptors (Lipinski definition) is 5. The van der Waals surface area contributed by atoms with E-state index in [1.165, 1.54) is 0 Å². The summed E-state index contributed by atoms with van der Waals surface area (Å²) in [5, 5.41) is 7.98. The SMILES string of the molecule is COc1cc(N)cc(-c2nnc(C(C)C)o2)c1. The van der Waals surface area contributed by atoms with Gasteiger partial charge in [-0.3, -0.25) is 0 Å². The van der Waals surface area contributed by atoms with Gasteiger partial charge in [0.2, 0.25) is 11.8 Å². The van der Waals surface area contributed by atoms with Crippen molar-refractivity contribution in [2.24, 2.45) is 0 Å². The molecule has 2 rings (SSSR count). The number of anilines is 1. The van der Waals surface area contributed by atoms with E-state index in [0.717, 1.165) is 5.56 Å². The van der Waals surface area contributed by atoms with Crippen LogP contribution in [-0.4, -0.2) is 17.3 Å². The molecule has 1 heterocycles. The molecule has 1 aromatic heterocycles. The molecule has 17 heavy (non-hydrogen) atoms. The fourth-order valence-corrected chi connectivity index (χ4v) is 1.45. The molecule has 0 aliphatic carbocycles. The van der Waals surface area contributed by atoms with Crippen molar-refractivity contribution in [3.8, 4) is 17.2 Å². The van der Waals surface area contributed by atoms with Gasteiger partial charge < -0.3 is 14.9 Å². The molecule has 0 aliphatic rings. The first-order valence-corrected chi connectivity index (χ1v) is 5.38. The molecule has 0 radical (unpaired) electrons. The first kappa shape index (κ1) is 11.4. The van der Waals surface area contributed by atoms with Gasteiger partial charge in [0.25, 0.3) is 0 Å². The molecule has 0 bridgehead atoms. The zero-order chi connectivity index (χ0) is 12.4. The summed E-state index contributed by atoms with van der Waals surface area (Å²) in [5.41, 5.74) is 7.13. The van der Waals surface area contributed by atoms with E-state index in [0.29, 0.717) is 23.2 Å². The minimum Gasteiger partial charge on any atom is -0.497 e. The van der Waals surface area contributed by atoms with Crippen LogP contribution in [0.2, 0.25) is 0 Å². The van der Waals surface area contributed by atoms with Gasteiger partial charge in [0.15, 0.2) is 0 Å². The highest BCUT2D eigenvalue weighted by Gasteiger charge is 2.12. The van der Waals surface area contributed by atoms with Gasteiger partial charge in [-0.25, -0.2) is 0 Å². The monoisotopic (exact) mass is 233 g/mol. The molecule has 0 saturated carbocycles. The number of ether oxygens (including phenoxy) is 1. The zero-order valence-electron chi connectivity index (χ0n) is 10.1. The number of benzene rings is 1. The lowest BCUT2D eigenvalue weighted by Crippen LogP contribution is -1.90. The van der Waals surface area contributed by atoms with Gasteiger partial charge in [-0.15, -0.1) is 10.2 Å². The van der Waals surface area contributed by atoms with Gasteiger partial charge in [-0.05, 0) is 12.1 Å². The number of aromatic nitrogens is 2. The second-order valence-corrected chi connectivity index (χ2v) is 4.10. The quantitative estimate of drug-likeness (QED) is 0.824. The molecule has 0 aliphatic heterocycles. The van der Waals surface area contributed by atoms with Crippen molar-refractivity contribution >= 4 is 5.69 Å². The minimum atomic E-state index is 0.208. The summed E-state index contributed by atoms with van der Waals surface area (Å²) in [6, 6.07) is 5.33. The van der Waals surface area contributed by atoms with Crippen LogP contribution in [-0.2, 0) is 0 Å². The number of rotatable bonds is 3. The maximum atomic E-state index is 5.77. The molecule has 0 saturated heterocycles. The third-order valence-corrected chi connectivity index (χ3v) is 2.35. The van der Waals surface area contributed by atoms with Crippen LogP contribution < -0.4 is 10.5 Å². The first-order valence-electron chi connectivity index (χ1n) is 5.38. The average molecular weight is 233 g/mol. The maximum absolute atomic E-state index is 5.77. The van der Waals surface area contributed by atoms with Crippen LogP contribution >= 0.6 is 0 Å². The van der Waals surface area contributed by atoms with Crippen LogP contribution in [0, 0.1) is 0 Å². The van der Waals surface area contributed by atoms with E-state index < -0.39 is 0 Å². The topological polar surface area (TPSA) is 74.2 Å². The third-order valence-electron chi connectivity index (χ3n) is 2.35. The predicted molar refractivity (Wildman–Crippen MR) is 64.8 cm³/mol. The van der Waals surface area contributed by atoms with E-state index in [9.17, 15) is 0 Å². The lowest BCUT2D eigenvalue weighted by atomic mass is 10.2. The standard InChI is InChI=1S/C12H15N3O2/c1-7(2)11-14-15-12(17-11)8-4-9(13)6-10(5-8)16-3/h4-7H,13H2,1-3H3. The number of methoxy groups -OCH3 is 1. The highest BCUT2D eigenvalue weighted by Crippen LogP contribution is 2.27.